The van der Waals surface area contributed by atoms with Crippen LogP contribution >= 0.6 is 0 Å². The maximum absolute atomic E-state index is 1.86. The van der Waals surface area contributed by atoms with Crippen LogP contribution in [0.25, 0.3) is 0 Å². The van der Waals surface area contributed by atoms with Crippen LogP contribution in [-0.4, -0.2) is 17.6 Å². The van der Waals surface area contributed by atoms with E-state index in [1.807, 2.05) is 5.67 Å². The van der Waals surface area contributed by atoms with E-state index in [1.165, 1.54) is 0 Å². The Kier molecular flexibility index (Phi) is 0.898. The van der Waals surface area contributed by atoms with Crippen LogP contribution in [0.5, 0.6) is 0 Å². The Morgan fingerprint density at radius 3 is 1.29 bits per heavy atom. The number of hydrogen-bond acceptors (Lipinski definition) is 0. The molecule has 0 saturated carbocycles. The first kappa shape index (κ1) is 4.33. The van der Waals surface area contributed by atoms with Crippen LogP contribution in [0.4, 0.5) is 0 Å². The molecule has 7 heavy (non-hydrogen) atoms. The molecule has 0 aromatic rings. The Bertz CT molecular complexity index is 64.1. The highest BCUT2D eigenvalue weighted by atomic mass is 28.3. The van der Waals surface area contributed by atoms with E-state index in [4.69, 9.17) is 0 Å². The first-order chi connectivity index (χ1) is 3.45. The summed E-state index contributed by atoms with van der Waals surface area (Å²) in [5.74, 6) is 0. The van der Waals surface area contributed by atoms with Crippen molar-refractivity contribution in [2.45, 2.75) is 29.8 Å². The fraction of sp³-hybridized carbons (Fsp3) is 1.00. The van der Waals surface area contributed by atoms with E-state index in [0.29, 0.717) is 0 Å². The van der Waals surface area contributed by atoms with Crippen molar-refractivity contribution in [1.82, 2.24) is 0 Å². The molecule has 0 N–H and O–H groups in total. The smallest absolute Gasteiger partial charge is 0.0333 e. The van der Waals surface area contributed by atoms with Crippen molar-refractivity contribution in [3.63, 3.8) is 0 Å². The lowest BCUT2D eigenvalue weighted by Crippen LogP contribution is -2.01. The molecule has 0 amide bonds. The third-order valence-electron chi connectivity index (χ3n) is 2.63. The Morgan fingerprint density at radius 1 is 0.714 bits per heavy atom. The van der Waals surface area contributed by atoms with Gasteiger partial charge < -0.3 is 0 Å². The van der Waals surface area contributed by atoms with Gasteiger partial charge in [0.15, 0.2) is 0 Å². The van der Waals surface area contributed by atoms with Gasteiger partial charge in [-0.3, -0.25) is 0 Å². The SMILES string of the molecule is C1C[SiH]2CC[SiH]1C2. The topological polar surface area (TPSA) is 0 Å². The highest BCUT2D eigenvalue weighted by Gasteiger charge is 2.32. The first-order valence-corrected chi connectivity index (χ1v) is 8.35. The average Bonchev–Trinajstić information content (AvgIpc) is 2.22. The first-order valence-electron chi connectivity index (χ1n) is 3.45. The third kappa shape index (κ3) is 0.607. The Morgan fingerprint density at radius 2 is 1.14 bits per heavy atom. The van der Waals surface area contributed by atoms with Gasteiger partial charge in [-0.05, 0) is 0 Å². The van der Waals surface area contributed by atoms with Crippen LogP contribution in [0.2, 0.25) is 29.8 Å². The molecule has 2 heterocycles. The molecule has 2 heteroatoms. The average molecular weight is 128 g/mol. The van der Waals surface area contributed by atoms with Gasteiger partial charge in [0.2, 0.25) is 0 Å². The molecule has 40 valence electrons. The highest BCUT2D eigenvalue weighted by molar-refractivity contribution is 6.87. The molecule has 0 aromatic heterocycles. The predicted molar refractivity (Wildman–Crippen MR) is 38.3 cm³/mol. The van der Waals surface area contributed by atoms with Crippen LogP contribution in [-0.2, 0) is 0 Å². The Hall–Kier alpha value is 0.434. The molecule has 2 aliphatic heterocycles. The maximum atomic E-state index is 1.86. The molecule has 0 atom stereocenters. The molecular formula is C5H12Si2. The summed E-state index contributed by atoms with van der Waals surface area (Å²) in [6.07, 6.45) is 0. The summed E-state index contributed by atoms with van der Waals surface area (Å²) in [6, 6.07) is 7.04. The minimum absolute atomic E-state index is 0.0756. The van der Waals surface area contributed by atoms with Crippen molar-refractivity contribution in [2.24, 2.45) is 0 Å². The summed E-state index contributed by atoms with van der Waals surface area (Å²) in [6.45, 7) is 0. The summed E-state index contributed by atoms with van der Waals surface area (Å²) < 4.78 is 0. The largest absolute Gasteiger partial charge is 0.0665 e. The van der Waals surface area contributed by atoms with Crippen molar-refractivity contribution in [1.29, 1.82) is 0 Å². The van der Waals surface area contributed by atoms with Gasteiger partial charge in [0.05, 0.1) is 0 Å². The minimum Gasteiger partial charge on any atom is -0.0665 e. The second kappa shape index (κ2) is 1.45. The van der Waals surface area contributed by atoms with Gasteiger partial charge in [0, 0.05) is 17.6 Å². The zero-order valence-electron chi connectivity index (χ0n) is 4.69. The lowest BCUT2D eigenvalue weighted by molar-refractivity contribution is 1.25. The molecule has 0 unspecified atom stereocenters. The van der Waals surface area contributed by atoms with E-state index in [0.717, 1.165) is 0 Å². The van der Waals surface area contributed by atoms with E-state index >= 15 is 0 Å². The van der Waals surface area contributed by atoms with Crippen LogP contribution in [0.15, 0.2) is 0 Å². The molecular weight excluding hydrogens is 116 g/mol. The standard InChI is InChI=1S/C5H12Si2/c1-2-7-4-3-6(1)5-7/h6-7H,1-5H2. The van der Waals surface area contributed by atoms with Crippen LogP contribution in [0.3, 0.4) is 0 Å². The summed E-state index contributed by atoms with van der Waals surface area (Å²) in [5.41, 5.74) is 1.86. The molecule has 0 spiro atoms. The van der Waals surface area contributed by atoms with Gasteiger partial charge in [0.25, 0.3) is 0 Å². The van der Waals surface area contributed by atoms with E-state index in [1.54, 1.807) is 24.2 Å². The monoisotopic (exact) mass is 128 g/mol. The van der Waals surface area contributed by atoms with Gasteiger partial charge in [0.1, 0.15) is 0 Å². The van der Waals surface area contributed by atoms with Crippen LogP contribution < -0.4 is 0 Å². The van der Waals surface area contributed by atoms with Crippen LogP contribution in [0, 0.1) is 0 Å². The quantitative estimate of drug-likeness (QED) is 0.427. The van der Waals surface area contributed by atoms with Crippen molar-refractivity contribution in [3.8, 4) is 0 Å². The highest BCUT2D eigenvalue weighted by Crippen LogP contribution is 2.34. The zero-order chi connectivity index (χ0) is 4.69. The molecule has 0 aliphatic carbocycles. The normalized spacial score (nSPS) is 48.0. The molecule has 2 fully saturated rings. The van der Waals surface area contributed by atoms with E-state index in [-0.39, 0.29) is 17.6 Å². The van der Waals surface area contributed by atoms with Gasteiger partial charge in [-0.1, -0.05) is 29.8 Å². The third-order valence-corrected chi connectivity index (χ3v) is 13.9. The molecule has 0 nitrogen and oxygen atoms in total. The molecule has 2 rings (SSSR count). The summed E-state index contributed by atoms with van der Waals surface area (Å²) in [7, 11) is 0.151. The van der Waals surface area contributed by atoms with Crippen molar-refractivity contribution >= 4 is 17.6 Å². The van der Waals surface area contributed by atoms with Gasteiger partial charge in [-0.2, -0.15) is 0 Å². The van der Waals surface area contributed by atoms with Crippen molar-refractivity contribution in [2.75, 3.05) is 0 Å². The van der Waals surface area contributed by atoms with Crippen molar-refractivity contribution in [3.05, 3.63) is 0 Å². The van der Waals surface area contributed by atoms with E-state index < -0.39 is 0 Å². The fourth-order valence-corrected chi connectivity index (χ4v) is 17.8. The molecule has 0 radical (unpaired) electrons. The molecule has 2 bridgehead atoms. The van der Waals surface area contributed by atoms with E-state index in [9.17, 15) is 0 Å². The lowest BCUT2D eigenvalue weighted by atomic mass is 10.9. The second-order valence-corrected chi connectivity index (χ2v) is 10.8. The minimum atomic E-state index is 0.0756. The molecule has 2 aliphatic rings. The zero-order valence-corrected chi connectivity index (χ0v) is 7.00. The summed E-state index contributed by atoms with van der Waals surface area (Å²) >= 11 is 0. The van der Waals surface area contributed by atoms with Gasteiger partial charge >= 0.3 is 0 Å². The number of rotatable bonds is 0. The maximum Gasteiger partial charge on any atom is 0.0333 e. The van der Waals surface area contributed by atoms with Gasteiger partial charge in [-0.15, -0.1) is 0 Å². The second-order valence-electron chi connectivity index (χ2n) is 3.12. The number of hydrogen-bond donors (Lipinski definition) is 0. The van der Waals surface area contributed by atoms with E-state index in [2.05, 4.69) is 0 Å². The van der Waals surface area contributed by atoms with Gasteiger partial charge in [-0.25, -0.2) is 0 Å². The summed E-state index contributed by atoms with van der Waals surface area (Å²) in [5, 5.41) is 0. The number of fused-ring (bicyclic) bond motifs is 2. The molecule has 2 saturated heterocycles. The lowest BCUT2D eigenvalue weighted by Gasteiger charge is -2.03. The van der Waals surface area contributed by atoms with Crippen LogP contribution in [0.1, 0.15) is 0 Å². The van der Waals surface area contributed by atoms with Crippen molar-refractivity contribution < 1.29 is 0 Å². The predicted octanol–water partition coefficient (Wildman–Crippen LogP) is 1.01. The molecule has 0 aromatic carbocycles. The Balaban J connectivity index is 2.12. The summed E-state index contributed by atoms with van der Waals surface area (Å²) in [4.78, 5) is 0. The Labute approximate surface area is 48.1 Å². The fourth-order valence-electron chi connectivity index (χ4n) is 2.17.